The number of sulfonamides is 1. The highest BCUT2D eigenvalue weighted by atomic mass is 127. The smallest absolute Gasteiger partial charge is 0.240 e. The summed E-state index contributed by atoms with van der Waals surface area (Å²) in [7, 11) is 1.76. The first-order chi connectivity index (χ1) is 14.4. The average Bonchev–Trinajstić information content (AvgIpc) is 2.72. The maximum atomic E-state index is 12.4. The van der Waals surface area contributed by atoms with Crippen LogP contribution in [0.5, 0.6) is 0 Å². The molecule has 1 rings (SSSR count). The van der Waals surface area contributed by atoms with E-state index in [0.29, 0.717) is 19.1 Å². The molecule has 0 spiro atoms. The second-order valence-corrected chi connectivity index (χ2v) is 8.58. The van der Waals surface area contributed by atoms with Gasteiger partial charge in [0.1, 0.15) is 0 Å². The monoisotopic (exact) mass is 571 g/mol. The summed E-state index contributed by atoms with van der Waals surface area (Å²) in [6.45, 7) is 7.06. The van der Waals surface area contributed by atoms with Crippen LogP contribution in [0.25, 0.3) is 0 Å². The Morgan fingerprint density at radius 1 is 1.10 bits per heavy atom. The van der Waals surface area contributed by atoms with E-state index in [1.165, 1.54) is 7.11 Å². The van der Waals surface area contributed by atoms with Crippen LogP contribution >= 0.6 is 24.0 Å². The molecule has 0 amide bonds. The fourth-order valence-corrected chi connectivity index (χ4v) is 3.72. The van der Waals surface area contributed by atoms with Crippen LogP contribution in [-0.2, 0) is 26.0 Å². The first-order valence-corrected chi connectivity index (χ1v) is 11.7. The van der Waals surface area contributed by atoms with E-state index in [1.807, 2.05) is 13.0 Å². The highest BCUT2D eigenvalue weighted by Crippen LogP contribution is 2.12. The molecule has 3 N–H and O–H groups in total. The Morgan fingerprint density at radius 2 is 1.84 bits per heavy atom. The van der Waals surface area contributed by atoms with E-state index in [2.05, 4.69) is 32.3 Å². The van der Waals surface area contributed by atoms with Crippen LogP contribution < -0.4 is 15.4 Å². The molecule has 0 aliphatic heterocycles. The molecular formula is C20H38IN5O4S. The van der Waals surface area contributed by atoms with Gasteiger partial charge < -0.3 is 25.0 Å². The average molecular weight is 572 g/mol. The van der Waals surface area contributed by atoms with Crippen molar-refractivity contribution in [2.75, 3.05) is 67.2 Å². The Kier molecular flexibility index (Phi) is 17.0. The Labute approximate surface area is 204 Å². The number of guanidine groups is 1. The number of rotatable bonds is 15. The highest BCUT2D eigenvalue weighted by Gasteiger charge is 2.13. The predicted octanol–water partition coefficient (Wildman–Crippen LogP) is 1.25. The summed E-state index contributed by atoms with van der Waals surface area (Å²) in [6, 6.07) is 6.81. The van der Waals surface area contributed by atoms with E-state index in [9.17, 15) is 8.42 Å². The molecule has 1 aromatic rings. The van der Waals surface area contributed by atoms with Gasteiger partial charge in [0.2, 0.25) is 10.0 Å². The molecule has 9 nitrogen and oxygen atoms in total. The molecule has 0 aliphatic rings. The molecule has 0 radical (unpaired) electrons. The number of halogens is 1. The standard InChI is InChI=1S/C20H37N5O4S.HI/c1-5-21-20(22-10-13-25(2)12-7-14-28-3)23-17-18-8-6-9-19(16-18)30(26,27)24-11-15-29-4;/h6,8-9,16,24H,5,7,10-15,17H2,1-4H3,(H2,21,22,23);1H. The summed E-state index contributed by atoms with van der Waals surface area (Å²) in [4.78, 5) is 7.04. The van der Waals surface area contributed by atoms with E-state index in [0.717, 1.165) is 44.8 Å². The number of benzene rings is 1. The van der Waals surface area contributed by atoms with E-state index < -0.39 is 10.0 Å². The number of nitrogens with one attached hydrogen (secondary N) is 3. The van der Waals surface area contributed by atoms with Gasteiger partial charge in [-0.3, -0.25) is 0 Å². The summed E-state index contributed by atoms with van der Waals surface area (Å²) >= 11 is 0. The zero-order chi connectivity index (χ0) is 22.2. The molecule has 0 aliphatic carbocycles. The minimum Gasteiger partial charge on any atom is -0.385 e. The van der Waals surface area contributed by atoms with Gasteiger partial charge >= 0.3 is 0 Å². The van der Waals surface area contributed by atoms with Crippen molar-refractivity contribution in [2.45, 2.75) is 24.8 Å². The lowest BCUT2D eigenvalue weighted by molar-refractivity contribution is 0.180. The van der Waals surface area contributed by atoms with Crippen LogP contribution in [0.1, 0.15) is 18.9 Å². The van der Waals surface area contributed by atoms with E-state index in [-0.39, 0.29) is 35.4 Å². The van der Waals surface area contributed by atoms with E-state index in [1.54, 1.807) is 25.3 Å². The van der Waals surface area contributed by atoms with Crippen molar-refractivity contribution in [3.8, 4) is 0 Å². The van der Waals surface area contributed by atoms with Crippen LogP contribution in [0.2, 0.25) is 0 Å². The number of hydrogen-bond acceptors (Lipinski definition) is 6. The molecule has 0 atom stereocenters. The van der Waals surface area contributed by atoms with Crippen LogP contribution in [0, 0.1) is 0 Å². The second kappa shape index (κ2) is 17.6. The van der Waals surface area contributed by atoms with Gasteiger partial charge in [0.15, 0.2) is 5.96 Å². The van der Waals surface area contributed by atoms with Crippen molar-refractivity contribution in [1.29, 1.82) is 0 Å². The normalized spacial score (nSPS) is 12.0. The summed E-state index contributed by atoms with van der Waals surface area (Å²) in [5, 5.41) is 6.53. The number of methoxy groups -OCH3 is 2. The molecule has 0 fully saturated rings. The van der Waals surface area contributed by atoms with E-state index in [4.69, 9.17) is 9.47 Å². The van der Waals surface area contributed by atoms with Gasteiger partial charge in [-0.1, -0.05) is 12.1 Å². The minimum atomic E-state index is -3.56. The highest BCUT2D eigenvalue weighted by molar-refractivity contribution is 14.0. The number of ether oxygens (including phenoxy) is 2. The fourth-order valence-electron chi connectivity index (χ4n) is 2.64. The van der Waals surface area contributed by atoms with Gasteiger partial charge in [0.25, 0.3) is 0 Å². The summed E-state index contributed by atoms with van der Waals surface area (Å²) in [5.74, 6) is 0.703. The molecule has 180 valence electrons. The zero-order valence-corrected chi connectivity index (χ0v) is 22.2. The van der Waals surface area contributed by atoms with Gasteiger partial charge in [-0.05, 0) is 38.1 Å². The largest absolute Gasteiger partial charge is 0.385 e. The topological polar surface area (TPSA) is 104 Å². The molecule has 0 unspecified atom stereocenters. The minimum absolute atomic E-state index is 0. The van der Waals surface area contributed by atoms with Crippen molar-refractivity contribution in [2.24, 2.45) is 4.99 Å². The van der Waals surface area contributed by atoms with Crippen LogP contribution in [0.15, 0.2) is 34.2 Å². The molecule has 0 saturated heterocycles. The van der Waals surface area contributed by atoms with Crippen molar-refractivity contribution in [1.82, 2.24) is 20.3 Å². The predicted molar refractivity (Wildman–Crippen MR) is 136 cm³/mol. The molecule has 31 heavy (non-hydrogen) atoms. The van der Waals surface area contributed by atoms with Gasteiger partial charge in [0.05, 0.1) is 18.0 Å². The van der Waals surface area contributed by atoms with Crippen molar-refractivity contribution >= 4 is 40.0 Å². The summed E-state index contributed by atoms with van der Waals surface area (Å²) < 4.78 is 37.2. The third kappa shape index (κ3) is 13.2. The first-order valence-electron chi connectivity index (χ1n) is 10.2. The van der Waals surface area contributed by atoms with Gasteiger partial charge in [0, 0.05) is 53.6 Å². The quantitative estimate of drug-likeness (QED) is 0.126. The lowest BCUT2D eigenvalue weighted by Crippen LogP contribution is -2.41. The summed E-state index contributed by atoms with van der Waals surface area (Å²) in [6.07, 6.45) is 1.00. The third-order valence-corrected chi connectivity index (χ3v) is 5.70. The number of aliphatic imine (C=N–C) groups is 1. The Balaban J connectivity index is 0.00000900. The molecule has 0 aromatic heterocycles. The SMILES string of the molecule is CCNC(=NCc1cccc(S(=O)(=O)NCCOC)c1)NCCN(C)CCCOC.I. The Morgan fingerprint density at radius 3 is 2.52 bits per heavy atom. The first kappa shape index (κ1) is 30.0. The van der Waals surface area contributed by atoms with Crippen molar-refractivity contribution in [3.05, 3.63) is 29.8 Å². The van der Waals surface area contributed by atoms with Crippen molar-refractivity contribution in [3.63, 3.8) is 0 Å². The van der Waals surface area contributed by atoms with E-state index >= 15 is 0 Å². The molecule has 1 aromatic carbocycles. The van der Waals surface area contributed by atoms with Gasteiger partial charge in [-0.2, -0.15) is 0 Å². The maximum absolute atomic E-state index is 12.4. The zero-order valence-electron chi connectivity index (χ0n) is 19.0. The molecule has 0 heterocycles. The summed E-state index contributed by atoms with van der Waals surface area (Å²) in [5.41, 5.74) is 0.818. The number of nitrogens with zero attached hydrogens (tertiary/aromatic N) is 2. The maximum Gasteiger partial charge on any atom is 0.240 e. The van der Waals surface area contributed by atoms with Gasteiger partial charge in [-0.15, -0.1) is 24.0 Å². The molecule has 0 bridgehead atoms. The Hall–Kier alpha value is -0.990. The number of likely N-dealkylation sites (N-methyl/N-ethyl adjacent to an activating group) is 1. The second-order valence-electron chi connectivity index (χ2n) is 6.81. The van der Waals surface area contributed by atoms with Crippen LogP contribution in [0.4, 0.5) is 0 Å². The van der Waals surface area contributed by atoms with Crippen LogP contribution in [-0.4, -0.2) is 86.5 Å². The molecular weight excluding hydrogens is 533 g/mol. The lowest BCUT2D eigenvalue weighted by atomic mass is 10.2. The lowest BCUT2D eigenvalue weighted by Gasteiger charge is -2.18. The third-order valence-electron chi connectivity index (χ3n) is 4.25. The Bertz CT molecular complexity index is 734. The van der Waals surface area contributed by atoms with Crippen LogP contribution in [0.3, 0.4) is 0 Å². The number of hydrogen-bond donors (Lipinski definition) is 3. The fraction of sp³-hybridized carbons (Fsp3) is 0.650. The molecule has 11 heteroatoms. The molecule has 0 saturated carbocycles. The van der Waals surface area contributed by atoms with Crippen molar-refractivity contribution < 1.29 is 17.9 Å². The van der Waals surface area contributed by atoms with Gasteiger partial charge in [-0.25, -0.2) is 18.1 Å².